The molecule has 0 aliphatic heterocycles. The minimum Gasteiger partial charge on any atom is -0.478 e. The summed E-state index contributed by atoms with van der Waals surface area (Å²) >= 11 is 0. The van der Waals surface area contributed by atoms with Crippen molar-refractivity contribution in [2.75, 3.05) is 0 Å². The fraction of sp³-hybridized carbons (Fsp3) is 0.235. The zero-order chi connectivity index (χ0) is 13.8. The second-order valence-electron chi connectivity index (χ2n) is 4.96. The first kappa shape index (κ1) is 13.3. The molecule has 0 fully saturated rings. The molecule has 2 rings (SSSR count). The molecule has 0 spiro atoms. The first-order valence-electron chi connectivity index (χ1n) is 6.44. The van der Waals surface area contributed by atoms with Crippen molar-refractivity contribution in [3.8, 4) is 0 Å². The number of carboxylic acids is 1. The monoisotopic (exact) mass is 254 g/mol. The Morgan fingerprint density at radius 3 is 2.26 bits per heavy atom. The van der Waals surface area contributed by atoms with E-state index in [1.807, 2.05) is 12.1 Å². The van der Waals surface area contributed by atoms with E-state index in [4.69, 9.17) is 5.11 Å². The Morgan fingerprint density at radius 1 is 1.00 bits per heavy atom. The van der Waals surface area contributed by atoms with Crippen molar-refractivity contribution in [1.82, 2.24) is 0 Å². The van der Waals surface area contributed by atoms with E-state index in [1.165, 1.54) is 16.7 Å². The highest BCUT2D eigenvalue weighted by Gasteiger charge is 2.08. The van der Waals surface area contributed by atoms with Crippen molar-refractivity contribution in [2.45, 2.75) is 26.7 Å². The standard InChI is InChI=1S/C17H18O2/c1-12-9-13(2)11-14(10-12)7-8-15-5-3-4-6-16(15)17(18)19/h3-6,9-11H,7-8H2,1-2H3,(H,18,19). The van der Waals surface area contributed by atoms with Crippen molar-refractivity contribution in [1.29, 1.82) is 0 Å². The SMILES string of the molecule is Cc1cc(C)cc(CCc2ccccc2C(=O)O)c1. The van der Waals surface area contributed by atoms with Gasteiger partial charge in [-0.25, -0.2) is 4.79 Å². The molecule has 0 heterocycles. The fourth-order valence-electron chi connectivity index (χ4n) is 2.44. The second kappa shape index (κ2) is 5.70. The van der Waals surface area contributed by atoms with E-state index >= 15 is 0 Å². The lowest BCUT2D eigenvalue weighted by Gasteiger charge is -2.07. The summed E-state index contributed by atoms with van der Waals surface area (Å²) in [4.78, 5) is 11.1. The summed E-state index contributed by atoms with van der Waals surface area (Å²) in [5.74, 6) is -0.851. The molecule has 98 valence electrons. The maximum Gasteiger partial charge on any atom is 0.335 e. The zero-order valence-electron chi connectivity index (χ0n) is 11.3. The first-order valence-corrected chi connectivity index (χ1v) is 6.44. The van der Waals surface area contributed by atoms with Crippen LogP contribution in [0.2, 0.25) is 0 Å². The third kappa shape index (κ3) is 3.44. The molecule has 2 aromatic carbocycles. The van der Waals surface area contributed by atoms with Gasteiger partial charge in [-0.1, -0.05) is 47.5 Å². The van der Waals surface area contributed by atoms with E-state index in [1.54, 1.807) is 12.1 Å². The van der Waals surface area contributed by atoms with Crippen molar-refractivity contribution in [3.05, 3.63) is 70.3 Å². The average Bonchev–Trinajstić information content (AvgIpc) is 2.35. The lowest BCUT2D eigenvalue weighted by molar-refractivity contribution is 0.0695. The summed E-state index contributed by atoms with van der Waals surface area (Å²) in [6.45, 7) is 4.17. The Bertz CT molecular complexity index is 580. The minimum absolute atomic E-state index is 0.409. The van der Waals surface area contributed by atoms with E-state index in [0.29, 0.717) is 5.56 Å². The van der Waals surface area contributed by atoms with E-state index in [2.05, 4.69) is 32.0 Å². The van der Waals surface area contributed by atoms with Crippen LogP contribution in [-0.2, 0) is 12.8 Å². The third-order valence-electron chi connectivity index (χ3n) is 3.21. The maximum atomic E-state index is 11.1. The van der Waals surface area contributed by atoms with Gasteiger partial charge in [0.25, 0.3) is 0 Å². The molecule has 0 saturated carbocycles. The molecule has 0 radical (unpaired) electrons. The number of hydrogen-bond donors (Lipinski definition) is 1. The number of hydrogen-bond acceptors (Lipinski definition) is 1. The molecule has 0 amide bonds. The van der Waals surface area contributed by atoms with Gasteiger partial charge in [-0.05, 0) is 43.9 Å². The summed E-state index contributed by atoms with van der Waals surface area (Å²) in [7, 11) is 0. The molecular formula is C17H18O2. The lowest BCUT2D eigenvalue weighted by atomic mass is 9.98. The van der Waals surface area contributed by atoms with Crippen LogP contribution in [-0.4, -0.2) is 11.1 Å². The fourth-order valence-corrected chi connectivity index (χ4v) is 2.44. The van der Waals surface area contributed by atoms with E-state index < -0.39 is 5.97 Å². The molecule has 2 nitrogen and oxygen atoms in total. The Balaban J connectivity index is 2.16. The van der Waals surface area contributed by atoms with Crippen molar-refractivity contribution >= 4 is 5.97 Å². The van der Waals surface area contributed by atoms with Gasteiger partial charge in [-0.3, -0.25) is 0 Å². The second-order valence-corrected chi connectivity index (χ2v) is 4.96. The molecule has 1 N–H and O–H groups in total. The highest BCUT2D eigenvalue weighted by atomic mass is 16.4. The van der Waals surface area contributed by atoms with Crippen LogP contribution < -0.4 is 0 Å². The number of carboxylic acid groups (broad SMARTS) is 1. The number of benzene rings is 2. The van der Waals surface area contributed by atoms with Crippen molar-refractivity contribution < 1.29 is 9.90 Å². The van der Waals surface area contributed by atoms with Crippen LogP contribution in [0, 0.1) is 13.8 Å². The lowest BCUT2D eigenvalue weighted by Crippen LogP contribution is -2.03. The summed E-state index contributed by atoms with van der Waals surface area (Å²) in [5, 5.41) is 9.15. The first-order chi connectivity index (χ1) is 9.06. The molecule has 0 unspecified atom stereocenters. The van der Waals surface area contributed by atoms with Crippen molar-refractivity contribution in [2.24, 2.45) is 0 Å². The van der Waals surface area contributed by atoms with Crippen LogP contribution in [0.4, 0.5) is 0 Å². The Hall–Kier alpha value is -2.09. The largest absolute Gasteiger partial charge is 0.478 e. The van der Waals surface area contributed by atoms with E-state index in [9.17, 15) is 4.79 Å². The predicted octanol–water partition coefficient (Wildman–Crippen LogP) is 3.79. The van der Waals surface area contributed by atoms with Gasteiger partial charge in [0.05, 0.1) is 5.56 Å². The smallest absolute Gasteiger partial charge is 0.335 e. The van der Waals surface area contributed by atoms with Gasteiger partial charge in [-0.15, -0.1) is 0 Å². The van der Waals surface area contributed by atoms with Gasteiger partial charge in [0, 0.05) is 0 Å². The van der Waals surface area contributed by atoms with Crippen molar-refractivity contribution in [3.63, 3.8) is 0 Å². The van der Waals surface area contributed by atoms with Crippen LogP contribution in [0.3, 0.4) is 0 Å². The van der Waals surface area contributed by atoms with Crippen LogP contribution in [0.25, 0.3) is 0 Å². The van der Waals surface area contributed by atoms with Gasteiger partial charge in [0.2, 0.25) is 0 Å². The van der Waals surface area contributed by atoms with Crippen LogP contribution in [0.15, 0.2) is 42.5 Å². The van der Waals surface area contributed by atoms with Gasteiger partial charge >= 0.3 is 5.97 Å². The Morgan fingerprint density at radius 2 is 1.63 bits per heavy atom. The third-order valence-corrected chi connectivity index (χ3v) is 3.21. The summed E-state index contributed by atoms with van der Waals surface area (Å²) in [6, 6.07) is 13.7. The van der Waals surface area contributed by atoms with E-state index in [0.717, 1.165) is 18.4 Å². The number of aryl methyl sites for hydroxylation is 4. The topological polar surface area (TPSA) is 37.3 Å². The molecule has 0 aromatic heterocycles. The van der Waals surface area contributed by atoms with E-state index in [-0.39, 0.29) is 0 Å². The van der Waals surface area contributed by atoms with Crippen LogP contribution in [0.5, 0.6) is 0 Å². The molecular weight excluding hydrogens is 236 g/mol. The highest BCUT2D eigenvalue weighted by molar-refractivity contribution is 5.89. The van der Waals surface area contributed by atoms with Crippen LogP contribution in [0.1, 0.15) is 32.6 Å². The molecule has 0 atom stereocenters. The normalized spacial score (nSPS) is 10.4. The molecule has 19 heavy (non-hydrogen) atoms. The Kier molecular flexibility index (Phi) is 4.00. The highest BCUT2D eigenvalue weighted by Crippen LogP contribution is 2.15. The summed E-state index contributed by atoms with van der Waals surface area (Å²) in [6.07, 6.45) is 1.62. The van der Waals surface area contributed by atoms with Gasteiger partial charge in [0.1, 0.15) is 0 Å². The van der Waals surface area contributed by atoms with Gasteiger partial charge < -0.3 is 5.11 Å². The molecule has 2 heteroatoms. The minimum atomic E-state index is -0.851. The summed E-state index contributed by atoms with van der Waals surface area (Å²) < 4.78 is 0. The molecule has 0 aliphatic carbocycles. The molecule has 0 saturated heterocycles. The zero-order valence-corrected chi connectivity index (χ0v) is 11.3. The molecule has 0 aliphatic rings. The van der Waals surface area contributed by atoms with Gasteiger partial charge in [0.15, 0.2) is 0 Å². The average molecular weight is 254 g/mol. The quantitative estimate of drug-likeness (QED) is 0.901. The van der Waals surface area contributed by atoms with Gasteiger partial charge in [-0.2, -0.15) is 0 Å². The number of carbonyl (C=O) groups is 1. The van der Waals surface area contributed by atoms with Crippen LogP contribution >= 0.6 is 0 Å². The Labute approximate surface area is 113 Å². The number of rotatable bonds is 4. The molecule has 0 bridgehead atoms. The number of aromatic carboxylic acids is 1. The predicted molar refractivity (Wildman–Crippen MR) is 76.7 cm³/mol. The molecule has 2 aromatic rings. The maximum absolute atomic E-state index is 11.1. The summed E-state index contributed by atoms with van der Waals surface area (Å²) in [5.41, 5.74) is 5.07.